The molecule has 1 amide bonds. The van der Waals surface area contributed by atoms with Crippen LogP contribution >= 0.6 is 0 Å². The Labute approximate surface area is 235 Å². The fraction of sp³-hybridized carbons (Fsp3) is 0.455. The third-order valence-electron chi connectivity index (χ3n) is 8.16. The maximum absolute atomic E-state index is 14.2. The number of amides is 1. The number of carbonyl (C=O) groups is 1. The first-order valence-electron chi connectivity index (χ1n) is 14.8. The van der Waals surface area contributed by atoms with E-state index in [-0.39, 0.29) is 23.6 Å². The van der Waals surface area contributed by atoms with Crippen LogP contribution in [0.3, 0.4) is 0 Å². The van der Waals surface area contributed by atoms with Gasteiger partial charge < -0.3 is 0 Å². The average Bonchev–Trinajstić information content (AvgIpc) is 3.46. The standard InChI is InChI=1S/C33H38F2N4O/c1-2-3-4-8-14-32(40)39(25-10-6-5-7-11-25)31-22-21-29(37-38-31)24-17-15-23(16-18-24)28-19-20-30(36-28)33-26(34)12-9-13-27(33)35/h9,12-13,15-18,21-22,25,28H,2-8,10-11,14,19-20H2,1H3. The molecule has 1 saturated carbocycles. The lowest BCUT2D eigenvalue weighted by Gasteiger charge is -2.33. The molecule has 0 saturated heterocycles. The Morgan fingerprint density at radius 2 is 1.62 bits per heavy atom. The van der Waals surface area contributed by atoms with Gasteiger partial charge in [0.25, 0.3) is 0 Å². The van der Waals surface area contributed by atoms with Crippen molar-refractivity contribution >= 4 is 17.4 Å². The molecular weight excluding hydrogens is 506 g/mol. The molecule has 1 aliphatic heterocycles. The van der Waals surface area contributed by atoms with Gasteiger partial charge in [0.2, 0.25) is 5.91 Å². The largest absolute Gasteiger partial charge is 0.292 e. The minimum atomic E-state index is -0.572. The molecule has 7 heteroatoms. The Morgan fingerprint density at radius 1 is 0.875 bits per heavy atom. The molecule has 2 aliphatic rings. The molecular formula is C33H38F2N4O. The van der Waals surface area contributed by atoms with Gasteiger partial charge in [-0.2, -0.15) is 0 Å². The van der Waals surface area contributed by atoms with Crippen LogP contribution in [0.25, 0.3) is 11.3 Å². The predicted molar refractivity (Wildman–Crippen MR) is 155 cm³/mol. The van der Waals surface area contributed by atoms with Crippen LogP contribution in [0.4, 0.5) is 14.6 Å². The monoisotopic (exact) mass is 544 g/mol. The third-order valence-corrected chi connectivity index (χ3v) is 8.16. The number of rotatable bonds is 10. The van der Waals surface area contributed by atoms with Gasteiger partial charge in [0.05, 0.1) is 17.3 Å². The second-order valence-corrected chi connectivity index (χ2v) is 11.0. The van der Waals surface area contributed by atoms with Gasteiger partial charge in [0, 0.05) is 23.7 Å². The van der Waals surface area contributed by atoms with Crippen LogP contribution in [0.2, 0.25) is 0 Å². The van der Waals surface area contributed by atoms with Crippen LogP contribution in [-0.2, 0) is 4.79 Å². The Bertz CT molecular complexity index is 1300. The minimum absolute atomic E-state index is 0.0151. The number of halogens is 2. The summed E-state index contributed by atoms with van der Waals surface area (Å²) in [6.45, 7) is 2.18. The second-order valence-electron chi connectivity index (χ2n) is 11.0. The summed E-state index contributed by atoms with van der Waals surface area (Å²) in [6.07, 6.45) is 11.6. The van der Waals surface area contributed by atoms with Crippen molar-refractivity contribution in [1.82, 2.24) is 10.2 Å². The number of nitrogens with zero attached hydrogens (tertiary/aromatic N) is 4. The van der Waals surface area contributed by atoms with Gasteiger partial charge >= 0.3 is 0 Å². The second kappa shape index (κ2) is 13.2. The lowest BCUT2D eigenvalue weighted by molar-refractivity contribution is -0.119. The lowest BCUT2D eigenvalue weighted by atomic mass is 9.93. The minimum Gasteiger partial charge on any atom is -0.292 e. The highest BCUT2D eigenvalue weighted by Crippen LogP contribution is 2.34. The van der Waals surface area contributed by atoms with Crippen molar-refractivity contribution < 1.29 is 13.6 Å². The number of aliphatic imine (C=N–C) groups is 1. The molecule has 5 rings (SSSR count). The van der Waals surface area contributed by atoms with Gasteiger partial charge in [-0.05, 0) is 61.9 Å². The summed E-state index contributed by atoms with van der Waals surface area (Å²) in [5.74, 6) is -0.351. The topological polar surface area (TPSA) is 58.5 Å². The van der Waals surface area contributed by atoms with Crippen LogP contribution < -0.4 is 4.90 Å². The van der Waals surface area contributed by atoms with Gasteiger partial charge in [-0.1, -0.05) is 75.8 Å². The maximum atomic E-state index is 14.2. The van der Waals surface area contributed by atoms with E-state index in [4.69, 9.17) is 0 Å². The zero-order valence-electron chi connectivity index (χ0n) is 23.3. The molecule has 1 aliphatic carbocycles. The maximum Gasteiger partial charge on any atom is 0.228 e. The number of benzene rings is 2. The van der Waals surface area contributed by atoms with E-state index in [2.05, 4.69) is 22.1 Å². The molecule has 1 fully saturated rings. The first-order valence-corrected chi connectivity index (χ1v) is 14.8. The summed E-state index contributed by atoms with van der Waals surface area (Å²) in [6, 6.07) is 15.8. The highest BCUT2D eigenvalue weighted by Gasteiger charge is 2.28. The molecule has 0 radical (unpaired) electrons. The first-order chi connectivity index (χ1) is 19.5. The number of carbonyl (C=O) groups excluding carboxylic acids is 1. The van der Waals surface area contributed by atoms with E-state index in [1.807, 2.05) is 41.3 Å². The van der Waals surface area contributed by atoms with Gasteiger partial charge in [0.1, 0.15) is 11.6 Å². The fourth-order valence-corrected chi connectivity index (χ4v) is 5.96. The Kier molecular flexibility index (Phi) is 9.30. The number of aromatic nitrogens is 2. The van der Waals surface area contributed by atoms with E-state index in [9.17, 15) is 13.6 Å². The van der Waals surface area contributed by atoms with E-state index in [0.29, 0.717) is 30.8 Å². The molecule has 1 atom stereocenters. The quantitative estimate of drug-likeness (QED) is 0.241. The van der Waals surface area contributed by atoms with Gasteiger partial charge in [0.15, 0.2) is 5.82 Å². The molecule has 0 bridgehead atoms. The summed E-state index contributed by atoms with van der Waals surface area (Å²) < 4.78 is 28.5. The molecule has 1 unspecified atom stereocenters. The van der Waals surface area contributed by atoms with E-state index in [1.165, 1.54) is 24.6 Å². The number of hydrogen-bond acceptors (Lipinski definition) is 4. The number of hydrogen-bond donors (Lipinski definition) is 0. The summed E-state index contributed by atoms with van der Waals surface area (Å²) in [5.41, 5.74) is 3.11. The molecule has 1 aromatic heterocycles. The van der Waals surface area contributed by atoms with Crippen molar-refractivity contribution in [1.29, 1.82) is 0 Å². The average molecular weight is 545 g/mol. The Hall–Kier alpha value is -3.48. The van der Waals surface area contributed by atoms with Crippen molar-refractivity contribution in [2.45, 2.75) is 96.1 Å². The highest BCUT2D eigenvalue weighted by molar-refractivity contribution is 6.02. The third kappa shape index (κ3) is 6.45. The molecule has 3 aromatic rings. The van der Waals surface area contributed by atoms with Crippen molar-refractivity contribution in [2.24, 2.45) is 4.99 Å². The fourth-order valence-electron chi connectivity index (χ4n) is 5.96. The molecule has 40 heavy (non-hydrogen) atoms. The number of unbranched alkanes of at least 4 members (excludes halogenated alkanes) is 3. The lowest BCUT2D eigenvalue weighted by Crippen LogP contribution is -2.42. The van der Waals surface area contributed by atoms with Gasteiger partial charge in [-0.25, -0.2) is 8.78 Å². The summed E-state index contributed by atoms with van der Waals surface area (Å²) in [4.78, 5) is 19.8. The summed E-state index contributed by atoms with van der Waals surface area (Å²) in [7, 11) is 0. The van der Waals surface area contributed by atoms with E-state index < -0.39 is 11.6 Å². The predicted octanol–water partition coefficient (Wildman–Crippen LogP) is 8.38. The molecule has 0 spiro atoms. The van der Waals surface area contributed by atoms with Crippen LogP contribution in [-0.4, -0.2) is 27.9 Å². The Morgan fingerprint density at radius 3 is 2.30 bits per heavy atom. The highest BCUT2D eigenvalue weighted by atomic mass is 19.1. The normalized spacial score (nSPS) is 17.6. The van der Waals surface area contributed by atoms with Gasteiger partial charge in [-0.3, -0.25) is 14.7 Å². The van der Waals surface area contributed by atoms with Crippen LogP contribution in [0.1, 0.15) is 101 Å². The number of anilines is 1. The smallest absolute Gasteiger partial charge is 0.228 e. The first kappa shape index (κ1) is 28.1. The molecule has 0 N–H and O–H groups in total. The van der Waals surface area contributed by atoms with Gasteiger partial charge in [-0.15, -0.1) is 10.2 Å². The van der Waals surface area contributed by atoms with Crippen LogP contribution in [0, 0.1) is 11.6 Å². The van der Waals surface area contributed by atoms with Crippen LogP contribution in [0.5, 0.6) is 0 Å². The van der Waals surface area contributed by atoms with E-state index in [0.717, 1.165) is 68.2 Å². The van der Waals surface area contributed by atoms with Crippen molar-refractivity contribution in [2.75, 3.05) is 4.90 Å². The van der Waals surface area contributed by atoms with Crippen molar-refractivity contribution in [3.63, 3.8) is 0 Å². The Balaban J connectivity index is 1.29. The molecule has 2 aromatic carbocycles. The zero-order chi connectivity index (χ0) is 27.9. The van der Waals surface area contributed by atoms with E-state index in [1.54, 1.807) is 0 Å². The molecule has 210 valence electrons. The summed E-state index contributed by atoms with van der Waals surface area (Å²) >= 11 is 0. The summed E-state index contributed by atoms with van der Waals surface area (Å²) in [5, 5.41) is 9.02. The van der Waals surface area contributed by atoms with E-state index >= 15 is 0 Å². The molecule has 2 heterocycles. The molecule has 5 nitrogen and oxygen atoms in total. The zero-order valence-corrected chi connectivity index (χ0v) is 23.3. The van der Waals surface area contributed by atoms with Crippen LogP contribution in [0.15, 0.2) is 59.6 Å². The van der Waals surface area contributed by atoms with Crippen molar-refractivity contribution in [3.05, 3.63) is 77.4 Å². The SMILES string of the molecule is CCCCCCC(=O)N(c1ccc(-c2ccc(C3CCC(c4c(F)cccc4F)=N3)cc2)nn1)C1CCCCC1. The van der Waals surface area contributed by atoms with Crippen molar-refractivity contribution in [3.8, 4) is 11.3 Å².